The van der Waals surface area contributed by atoms with E-state index < -0.39 is 57.9 Å². The van der Waals surface area contributed by atoms with Crippen LogP contribution in [0.15, 0.2) is 0 Å². The lowest BCUT2D eigenvalue weighted by Gasteiger charge is -2.72. The van der Waals surface area contributed by atoms with Gasteiger partial charge in [-0.05, 0) is 25.8 Å². The van der Waals surface area contributed by atoms with Crippen molar-refractivity contribution in [2.45, 2.75) is 79.9 Å². The van der Waals surface area contributed by atoms with Crippen molar-refractivity contribution >= 4 is 0 Å². The molecule has 1 heterocycles. The molecule has 5 saturated carbocycles. The Balaban J connectivity index is 1.72. The minimum absolute atomic E-state index is 0.139. The standard InChI is InChI=1S/C25H41NO8/c1-6-26-11-21(12-31-2)8-7-15(33-4)24-18(21)19(34-5)25(30,20(24)26)23(29)10-14(32-3)13-9-22(24,28)17(23)16(13)27/h13-20,27-30H,6-12H2,1-5H3/t13-,14+,15-,16+,17+,18-,19+,20+,21+,22+,23-,24-,25-/m1/s1. The highest BCUT2D eigenvalue weighted by Crippen LogP contribution is 2.81. The molecular weight excluding hydrogens is 442 g/mol. The lowest BCUT2D eigenvalue weighted by atomic mass is 9.41. The second-order valence-electron chi connectivity index (χ2n) is 12.1. The van der Waals surface area contributed by atoms with Crippen LogP contribution in [0.1, 0.15) is 32.6 Å². The molecule has 13 atom stereocenters. The average molecular weight is 484 g/mol. The first-order chi connectivity index (χ1) is 16.1. The maximum atomic E-state index is 13.0. The molecule has 0 aromatic heterocycles. The fourth-order valence-electron chi connectivity index (χ4n) is 11.0. The van der Waals surface area contributed by atoms with E-state index in [0.717, 1.165) is 6.42 Å². The monoisotopic (exact) mass is 483 g/mol. The number of rotatable bonds is 6. The molecule has 1 spiro atoms. The van der Waals surface area contributed by atoms with E-state index in [4.69, 9.17) is 18.9 Å². The van der Waals surface area contributed by atoms with Crippen molar-refractivity contribution in [1.82, 2.24) is 4.90 Å². The number of piperidine rings is 1. The Morgan fingerprint density at radius 1 is 0.941 bits per heavy atom. The second-order valence-corrected chi connectivity index (χ2v) is 12.1. The van der Waals surface area contributed by atoms with Crippen molar-refractivity contribution in [3.8, 4) is 0 Å². The van der Waals surface area contributed by atoms with Gasteiger partial charge in [-0.15, -0.1) is 0 Å². The fourth-order valence-corrected chi connectivity index (χ4v) is 11.0. The first-order valence-corrected chi connectivity index (χ1v) is 12.8. The normalized spacial score (nSPS) is 61.7. The summed E-state index contributed by atoms with van der Waals surface area (Å²) in [6.45, 7) is 3.83. The summed E-state index contributed by atoms with van der Waals surface area (Å²) < 4.78 is 23.9. The first-order valence-electron chi connectivity index (χ1n) is 12.8. The zero-order valence-corrected chi connectivity index (χ0v) is 20.9. The molecule has 9 nitrogen and oxygen atoms in total. The van der Waals surface area contributed by atoms with Gasteiger partial charge in [0.05, 0.1) is 48.1 Å². The SMILES string of the molecule is CCN1C[C@]2(COC)CC[C@@H](OC)[C@@]34[C@@H]2[C@H](OC)[C@@](O)([C@@H]13)[C@@]1(O)C[C@H](OC)[C@H]2C[C@]4(O)[C@@H]1[C@H]2O. The van der Waals surface area contributed by atoms with E-state index in [2.05, 4.69) is 11.8 Å². The maximum absolute atomic E-state index is 13.0. The molecule has 6 aliphatic rings. The molecule has 9 heteroatoms. The van der Waals surface area contributed by atoms with Crippen LogP contribution in [0.3, 0.4) is 0 Å². The Morgan fingerprint density at radius 2 is 1.68 bits per heavy atom. The lowest BCUT2D eigenvalue weighted by Crippen LogP contribution is -2.86. The van der Waals surface area contributed by atoms with E-state index in [-0.39, 0.29) is 24.4 Å². The van der Waals surface area contributed by atoms with Crippen LogP contribution in [0.2, 0.25) is 0 Å². The highest BCUT2D eigenvalue weighted by molar-refractivity contribution is 5.45. The quantitative estimate of drug-likeness (QED) is 0.392. The van der Waals surface area contributed by atoms with Crippen LogP contribution in [0.4, 0.5) is 0 Å². The summed E-state index contributed by atoms with van der Waals surface area (Å²) in [5.74, 6) is -1.56. The van der Waals surface area contributed by atoms with Crippen LogP contribution in [0.5, 0.6) is 0 Å². The molecule has 0 radical (unpaired) electrons. The van der Waals surface area contributed by atoms with Gasteiger partial charge in [-0.1, -0.05) is 6.92 Å². The van der Waals surface area contributed by atoms with E-state index in [0.29, 0.717) is 32.5 Å². The topological polar surface area (TPSA) is 121 Å². The van der Waals surface area contributed by atoms with Crippen molar-refractivity contribution in [2.24, 2.45) is 28.6 Å². The minimum Gasteiger partial charge on any atom is -0.392 e. The number of hydrogen-bond donors (Lipinski definition) is 4. The molecule has 0 amide bonds. The molecule has 6 fully saturated rings. The van der Waals surface area contributed by atoms with Gasteiger partial charge >= 0.3 is 0 Å². The summed E-state index contributed by atoms with van der Waals surface area (Å²) in [5, 5.41) is 50.1. The minimum atomic E-state index is -1.79. The molecule has 34 heavy (non-hydrogen) atoms. The van der Waals surface area contributed by atoms with E-state index >= 15 is 0 Å². The van der Waals surface area contributed by atoms with Crippen LogP contribution in [-0.2, 0) is 18.9 Å². The molecule has 194 valence electrons. The van der Waals surface area contributed by atoms with Gasteiger partial charge in [0, 0.05) is 64.6 Å². The Morgan fingerprint density at radius 3 is 2.26 bits per heavy atom. The third kappa shape index (κ3) is 2.11. The summed E-state index contributed by atoms with van der Waals surface area (Å²) in [4.78, 5) is 2.23. The average Bonchev–Trinajstić information content (AvgIpc) is 3.14. The first kappa shape index (κ1) is 24.0. The molecule has 5 aliphatic carbocycles. The summed E-state index contributed by atoms with van der Waals surface area (Å²) in [6.07, 6.45) is -0.667. The van der Waals surface area contributed by atoms with Crippen LogP contribution in [-0.4, -0.2) is 121 Å². The van der Waals surface area contributed by atoms with Gasteiger partial charge in [-0.25, -0.2) is 0 Å². The third-order valence-corrected chi connectivity index (χ3v) is 11.6. The molecule has 0 aromatic carbocycles. The van der Waals surface area contributed by atoms with E-state index in [1.54, 1.807) is 28.4 Å². The number of aliphatic hydroxyl groups excluding tert-OH is 1. The third-order valence-electron chi connectivity index (χ3n) is 11.6. The van der Waals surface area contributed by atoms with Crippen LogP contribution in [0, 0.1) is 28.6 Å². The smallest absolute Gasteiger partial charge is 0.136 e. The van der Waals surface area contributed by atoms with Crippen LogP contribution in [0.25, 0.3) is 0 Å². The Labute approximate surface area is 201 Å². The van der Waals surface area contributed by atoms with Crippen molar-refractivity contribution in [1.29, 1.82) is 0 Å². The van der Waals surface area contributed by atoms with Crippen molar-refractivity contribution in [3.63, 3.8) is 0 Å². The fraction of sp³-hybridized carbons (Fsp3) is 1.00. The number of aliphatic hydroxyl groups is 4. The molecule has 1 aliphatic heterocycles. The van der Waals surface area contributed by atoms with Crippen molar-refractivity contribution in [2.75, 3.05) is 48.1 Å². The number of nitrogens with zero attached hydrogens (tertiary/aromatic N) is 1. The summed E-state index contributed by atoms with van der Waals surface area (Å²) in [7, 11) is 6.52. The van der Waals surface area contributed by atoms with Gasteiger partial charge in [0.15, 0.2) is 0 Å². The van der Waals surface area contributed by atoms with Crippen molar-refractivity contribution in [3.05, 3.63) is 0 Å². The van der Waals surface area contributed by atoms with Gasteiger partial charge in [-0.3, -0.25) is 4.90 Å². The van der Waals surface area contributed by atoms with Gasteiger partial charge in [0.25, 0.3) is 0 Å². The van der Waals surface area contributed by atoms with Gasteiger partial charge < -0.3 is 39.4 Å². The molecular formula is C25H41NO8. The highest BCUT2D eigenvalue weighted by Gasteiger charge is 2.95. The summed E-state index contributed by atoms with van der Waals surface area (Å²) in [5.41, 5.74) is -6.34. The predicted octanol–water partition coefficient (Wildman–Crippen LogP) is -0.614. The lowest BCUT2D eigenvalue weighted by molar-refractivity contribution is -0.357. The maximum Gasteiger partial charge on any atom is 0.136 e. The zero-order valence-electron chi connectivity index (χ0n) is 20.9. The summed E-state index contributed by atoms with van der Waals surface area (Å²) >= 11 is 0. The number of likely N-dealkylation sites (tertiary alicyclic amines) is 1. The largest absolute Gasteiger partial charge is 0.392 e. The van der Waals surface area contributed by atoms with Crippen molar-refractivity contribution < 1.29 is 39.4 Å². The number of hydrogen-bond acceptors (Lipinski definition) is 9. The van der Waals surface area contributed by atoms with E-state index in [1.165, 1.54) is 0 Å². The molecule has 1 saturated heterocycles. The summed E-state index contributed by atoms with van der Waals surface area (Å²) in [6, 6.07) is -0.594. The molecule has 7 bridgehead atoms. The molecule has 6 rings (SSSR count). The highest BCUT2D eigenvalue weighted by atomic mass is 16.5. The number of likely N-dealkylation sites (N-methyl/N-ethyl adjacent to an activating group) is 1. The van der Waals surface area contributed by atoms with Crippen LogP contribution >= 0.6 is 0 Å². The predicted molar refractivity (Wildman–Crippen MR) is 120 cm³/mol. The zero-order chi connectivity index (χ0) is 24.5. The number of ether oxygens (including phenoxy) is 4. The van der Waals surface area contributed by atoms with E-state index in [9.17, 15) is 20.4 Å². The molecule has 0 aromatic rings. The molecule has 4 N–H and O–H groups in total. The molecule has 0 unspecified atom stereocenters. The Hall–Kier alpha value is -0.360. The second kappa shape index (κ2) is 7.14. The Bertz CT molecular complexity index is 861. The van der Waals surface area contributed by atoms with Gasteiger partial charge in [-0.2, -0.15) is 0 Å². The number of fused-ring (bicyclic) bond motifs is 2. The van der Waals surface area contributed by atoms with Gasteiger partial charge in [0.2, 0.25) is 0 Å². The van der Waals surface area contributed by atoms with E-state index in [1.807, 2.05) is 0 Å². The number of methoxy groups -OCH3 is 4. The Kier molecular flexibility index (Phi) is 5.04. The van der Waals surface area contributed by atoms with Crippen LogP contribution < -0.4 is 0 Å². The van der Waals surface area contributed by atoms with Gasteiger partial charge in [0.1, 0.15) is 11.2 Å².